The summed E-state index contributed by atoms with van der Waals surface area (Å²) < 4.78 is 5.54. The Morgan fingerprint density at radius 1 is 1.35 bits per heavy atom. The fourth-order valence-electron chi connectivity index (χ4n) is 1.58. The summed E-state index contributed by atoms with van der Waals surface area (Å²) in [4.78, 5) is 14.5. The van der Waals surface area contributed by atoms with Crippen LogP contribution in [0.5, 0.6) is 11.6 Å². The lowest BCUT2D eigenvalue weighted by atomic mass is 10.2. The maximum Gasteiger partial charge on any atom is 0.278 e. The van der Waals surface area contributed by atoms with Crippen molar-refractivity contribution in [1.29, 1.82) is 0 Å². The molecule has 0 amide bonds. The van der Waals surface area contributed by atoms with Crippen molar-refractivity contribution in [1.82, 2.24) is 4.98 Å². The fraction of sp³-hybridized carbons (Fsp3) is 0.154. The van der Waals surface area contributed by atoms with E-state index in [1.807, 2.05) is 13.0 Å². The first-order valence-corrected chi connectivity index (χ1v) is 6.15. The first kappa shape index (κ1) is 14.1. The molecule has 0 saturated carbocycles. The Bertz CT molecular complexity index is 661. The lowest BCUT2D eigenvalue weighted by molar-refractivity contribution is -0.384. The first-order chi connectivity index (χ1) is 9.49. The number of hydrogen-bond donors (Lipinski definition) is 1. The Balaban J connectivity index is 2.39. The average Bonchev–Trinajstić information content (AvgIpc) is 2.42. The van der Waals surface area contributed by atoms with E-state index >= 15 is 0 Å². The summed E-state index contributed by atoms with van der Waals surface area (Å²) in [7, 11) is 1.62. The highest BCUT2D eigenvalue weighted by molar-refractivity contribution is 6.32. The molecule has 1 heterocycles. The second-order valence-electron chi connectivity index (χ2n) is 4.09. The summed E-state index contributed by atoms with van der Waals surface area (Å²) in [6.07, 6.45) is 0. The highest BCUT2D eigenvalue weighted by Crippen LogP contribution is 2.31. The van der Waals surface area contributed by atoms with Crippen LogP contribution < -0.4 is 10.1 Å². The third-order valence-corrected chi connectivity index (χ3v) is 2.87. The molecule has 1 aromatic carbocycles. The standard InChI is InChI=1S/C13H12ClN3O3/c1-8-3-4-10(14)11(5-8)20-13-7-9(17(18)19)6-12(15-2)16-13/h3-7H,1-2H3,(H,15,16). The van der Waals surface area contributed by atoms with Crippen molar-refractivity contribution < 1.29 is 9.66 Å². The van der Waals surface area contributed by atoms with Gasteiger partial charge in [0.1, 0.15) is 11.6 Å². The number of aromatic nitrogens is 1. The van der Waals surface area contributed by atoms with Crippen molar-refractivity contribution in [3.8, 4) is 11.6 Å². The largest absolute Gasteiger partial charge is 0.437 e. The Hall–Kier alpha value is -2.34. The number of anilines is 1. The number of ether oxygens (including phenoxy) is 1. The third kappa shape index (κ3) is 3.16. The molecule has 0 aliphatic rings. The van der Waals surface area contributed by atoms with Gasteiger partial charge in [0.2, 0.25) is 5.88 Å². The molecule has 104 valence electrons. The van der Waals surface area contributed by atoms with E-state index < -0.39 is 4.92 Å². The third-order valence-electron chi connectivity index (χ3n) is 2.55. The summed E-state index contributed by atoms with van der Waals surface area (Å²) in [6.45, 7) is 1.89. The molecule has 0 fully saturated rings. The number of nitrogens with zero attached hydrogens (tertiary/aromatic N) is 2. The van der Waals surface area contributed by atoms with E-state index in [9.17, 15) is 10.1 Å². The van der Waals surface area contributed by atoms with Crippen LogP contribution in [-0.2, 0) is 0 Å². The Kier molecular flexibility index (Phi) is 4.05. The lowest BCUT2D eigenvalue weighted by Crippen LogP contribution is -1.98. The molecule has 1 N–H and O–H groups in total. The number of hydrogen-bond acceptors (Lipinski definition) is 5. The first-order valence-electron chi connectivity index (χ1n) is 5.78. The van der Waals surface area contributed by atoms with Crippen molar-refractivity contribution in [2.45, 2.75) is 6.92 Å². The van der Waals surface area contributed by atoms with Crippen LogP contribution in [0.15, 0.2) is 30.3 Å². The molecular weight excluding hydrogens is 282 g/mol. The number of nitro groups is 1. The number of pyridine rings is 1. The molecule has 0 saturated heterocycles. The minimum Gasteiger partial charge on any atom is -0.437 e. The average molecular weight is 294 g/mol. The van der Waals surface area contributed by atoms with Gasteiger partial charge in [0.05, 0.1) is 22.1 Å². The van der Waals surface area contributed by atoms with Crippen LogP contribution in [0.4, 0.5) is 11.5 Å². The predicted molar refractivity (Wildman–Crippen MR) is 76.7 cm³/mol. The Morgan fingerprint density at radius 3 is 2.75 bits per heavy atom. The Labute approximate surface area is 120 Å². The van der Waals surface area contributed by atoms with Crippen LogP contribution >= 0.6 is 11.6 Å². The van der Waals surface area contributed by atoms with Crippen molar-refractivity contribution in [2.24, 2.45) is 0 Å². The number of halogens is 1. The fourth-order valence-corrected chi connectivity index (χ4v) is 1.73. The SMILES string of the molecule is CNc1cc([N+](=O)[O-])cc(Oc2cc(C)ccc2Cl)n1. The van der Waals surface area contributed by atoms with E-state index in [1.165, 1.54) is 12.1 Å². The second-order valence-corrected chi connectivity index (χ2v) is 4.50. The van der Waals surface area contributed by atoms with Crippen LogP contribution in [0.3, 0.4) is 0 Å². The van der Waals surface area contributed by atoms with Gasteiger partial charge < -0.3 is 10.1 Å². The molecule has 0 aliphatic heterocycles. The second kappa shape index (κ2) is 5.75. The number of aryl methyl sites for hydroxylation is 1. The van der Waals surface area contributed by atoms with Crippen molar-refractivity contribution in [3.05, 3.63) is 51.0 Å². The van der Waals surface area contributed by atoms with Gasteiger partial charge in [-0.05, 0) is 24.6 Å². The van der Waals surface area contributed by atoms with Gasteiger partial charge in [-0.1, -0.05) is 17.7 Å². The molecule has 7 heteroatoms. The summed E-state index contributed by atoms with van der Waals surface area (Å²) >= 11 is 6.02. The van der Waals surface area contributed by atoms with Crippen molar-refractivity contribution >= 4 is 23.1 Å². The molecule has 0 radical (unpaired) electrons. The quantitative estimate of drug-likeness (QED) is 0.685. The van der Waals surface area contributed by atoms with Gasteiger partial charge in [0, 0.05) is 7.05 Å². The van der Waals surface area contributed by atoms with E-state index in [-0.39, 0.29) is 11.6 Å². The van der Waals surface area contributed by atoms with Crippen LogP contribution in [0.2, 0.25) is 5.02 Å². The zero-order chi connectivity index (χ0) is 14.7. The highest BCUT2D eigenvalue weighted by atomic mass is 35.5. The normalized spacial score (nSPS) is 10.2. The van der Waals surface area contributed by atoms with Crippen LogP contribution in [-0.4, -0.2) is 17.0 Å². The summed E-state index contributed by atoms with van der Waals surface area (Å²) in [5.41, 5.74) is 0.854. The predicted octanol–water partition coefficient (Wildman–Crippen LogP) is 3.79. The molecule has 0 spiro atoms. The van der Waals surface area contributed by atoms with Gasteiger partial charge in [0.15, 0.2) is 0 Å². The van der Waals surface area contributed by atoms with Crippen molar-refractivity contribution in [2.75, 3.05) is 12.4 Å². The lowest BCUT2D eigenvalue weighted by Gasteiger charge is -2.09. The zero-order valence-corrected chi connectivity index (χ0v) is 11.6. The number of rotatable bonds is 4. The molecule has 0 atom stereocenters. The molecular formula is C13H12ClN3O3. The monoisotopic (exact) mass is 293 g/mol. The van der Waals surface area contributed by atoms with Crippen LogP contribution in [0.25, 0.3) is 0 Å². The summed E-state index contributed by atoms with van der Waals surface area (Å²) in [5, 5.41) is 14.0. The van der Waals surface area contributed by atoms with Gasteiger partial charge in [-0.15, -0.1) is 0 Å². The summed E-state index contributed by atoms with van der Waals surface area (Å²) in [5.74, 6) is 0.857. The molecule has 2 rings (SSSR count). The van der Waals surface area contributed by atoms with E-state index in [1.54, 1.807) is 19.2 Å². The molecule has 20 heavy (non-hydrogen) atoms. The molecule has 0 unspecified atom stereocenters. The smallest absolute Gasteiger partial charge is 0.278 e. The van der Waals surface area contributed by atoms with E-state index in [4.69, 9.17) is 16.3 Å². The number of benzene rings is 1. The van der Waals surface area contributed by atoms with E-state index in [0.717, 1.165) is 5.56 Å². The van der Waals surface area contributed by atoms with Crippen molar-refractivity contribution in [3.63, 3.8) is 0 Å². The van der Waals surface area contributed by atoms with Gasteiger partial charge in [-0.3, -0.25) is 10.1 Å². The van der Waals surface area contributed by atoms with Crippen LogP contribution in [0, 0.1) is 17.0 Å². The topological polar surface area (TPSA) is 77.3 Å². The van der Waals surface area contributed by atoms with Crippen LogP contribution in [0.1, 0.15) is 5.56 Å². The maximum absolute atomic E-state index is 10.9. The minimum absolute atomic E-state index is 0.107. The van der Waals surface area contributed by atoms with Gasteiger partial charge >= 0.3 is 0 Å². The van der Waals surface area contributed by atoms with Gasteiger partial charge in [-0.2, -0.15) is 4.98 Å². The van der Waals surface area contributed by atoms with E-state index in [0.29, 0.717) is 16.6 Å². The molecule has 0 aliphatic carbocycles. The Morgan fingerprint density at radius 2 is 2.10 bits per heavy atom. The molecule has 1 aromatic heterocycles. The molecule has 6 nitrogen and oxygen atoms in total. The minimum atomic E-state index is -0.507. The van der Waals surface area contributed by atoms with Gasteiger partial charge in [-0.25, -0.2) is 0 Å². The maximum atomic E-state index is 10.9. The zero-order valence-electron chi connectivity index (χ0n) is 10.9. The summed E-state index contributed by atoms with van der Waals surface area (Å²) in [6, 6.07) is 7.85. The van der Waals surface area contributed by atoms with Gasteiger partial charge in [0.25, 0.3) is 5.69 Å². The van der Waals surface area contributed by atoms with E-state index in [2.05, 4.69) is 10.3 Å². The molecule has 0 bridgehead atoms. The number of nitrogens with one attached hydrogen (secondary N) is 1. The molecule has 2 aromatic rings. The highest BCUT2D eigenvalue weighted by Gasteiger charge is 2.13.